The minimum atomic E-state index is -0.649. The van der Waals surface area contributed by atoms with Crippen LogP contribution < -0.4 is 0 Å². The molecule has 0 aliphatic heterocycles. The first-order valence-corrected chi connectivity index (χ1v) is 10.3. The second kappa shape index (κ2) is 7.30. The van der Waals surface area contributed by atoms with Gasteiger partial charge in [-0.25, -0.2) is 0 Å². The molecule has 5 rings (SSSR count). The zero-order chi connectivity index (χ0) is 21.5. The van der Waals surface area contributed by atoms with Crippen molar-refractivity contribution in [2.45, 2.75) is 0 Å². The highest BCUT2D eigenvalue weighted by Gasteiger charge is 2.37. The van der Waals surface area contributed by atoms with E-state index in [-0.39, 0.29) is 9.75 Å². The van der Waals surface area contributed by atoms with Crippen molar-refractivity contribution in [3.05, 3.63) is 105 Å². The molecule has 6 nitrogen and oxygen atoms in total. The van der Waals surface area contributed by atoms with Crippen LogP contribution in [0.15, 0.2) is 84.9 Å². The smallest absolute Gasteiger partial charge is 0.258 e. The number of hydrogen-bond acceptors (Lipinski definition) is 5. The molecule has 0 unspecified atom stereocenters. The van der Waals surface area contributed by atoms with Crippen LogP contribution in [-0.2, 0) is 0 Å². The van der Waals surface area contributed by atoms with Gasteiger partial charge in [0.2, 0.25) is 0 Å². The molecule has 7 heteroatoms. The van der Waals surface area contributed by atoms with E-state index in [9.17, 15) is 20.2 Å². The van der Waals surface area contributed by atoms with E-state index in [2.05, 4.69) is 0 Å². The van der Waals surface area contributed by atoms with Gasteiger partial charge in [-0.1, -0.05) is 72.8 Å². The molecule has 1 heterocycles. The number of thiophene rings is 1. The van der Waals surface area contributed by atoms with Crippen LogP contribution in [0.5, 0.6) is 0 Å². The summed E-state index contributed by atoms with van der Waals surface area (Å²) in [7, 11) is 0. The molecule has 0 aliphatic rings. The van der Waals surface area contributed by atoms with E-state index < -0.39 is 21.2 Å². The number of benzene rings is 4. The van der Waals surface area contributed by atoms with Crippen LogP contribution >= 0.6 is 11.3 Å². The number of nitrogens with zero attached hydrogens (tertiary/aromatic N) is 2. The Bertz CT molecular complexity index is 1390. The topological polar surface area (TPSA) is 86.3 Å². The minimum absolute atomic E-state index is 0.283. The Balaban J connectivity index is 1.78. The molecule has 0 fully saturated rings. The fraction of sp³-hybridized carbons (Fsp3) is 0. The van der Waals surface area contributed by atoms with Gasteiger partial charge in [-0.3, -0.25) is 20.2 Å². The van der Waals surface area contributed by atoms with Gasteiger partial charge in [0.15, 0.2) is 0 Å². The lowest BCUT2D eigenvalue weighted by atomic mass is 10.0. The van der Waals surface area contributed by atoms with Gasteiger partial charge in [0, 0.05) is 0 Å². The lowest BCUT2D eigenvalue weighted by Gasteiger charge is -2.02. The molecule has 4 aromatic carbocycles. The molecule has 5 aromatic rings. The first-order chi connectivity index (χ1) is 15.0. The van der Waals surface area contributed by atoms with Crippen LogP contribution in [0, 0.1) is 20.2 Å². The zero-order valence-electron chi connectivity index (χ0n) is 16.0. The van der Waals surface area contributed by atoms with Gasteiger partial charge in [-0.2, -0.15) is 0 Å². The van der Waals surface area contributed by atoms with Gasteiger partial charge in [0.25, 0.3) is 0 Å². The Hall–Kier alpha value is -4.10. The average Bonchev–Trinajstić information content (AvgIpc) is 3.20. The van der Waals surface area contributed by atoms with E-state index in [0.717, 1.165) is 32.9 Å². The quantitative estimate of drug-likeness (QED) is 0.224. The van der Waals surface area contributed by atoms with Gasteiger partial charge >= 0.3 is 11.4 Å². The summed E-state index contributed by atoms with van der Waals surface area (Å²) < 4.78 is 0. The van der Waals surface area contributed by atoms with Crippen molar-refractivity contribution in [3.63, 3.8) is 0 Å². The summed E-state index contributed by atoms with van der Waals surface area (Å²) >= 11 is 1.08. The van der Waals surface area contributed by atoms with Gasteiger partial charge in [-0.15, -0.1) is 11.3 Å². The predicted octanol–water partition coefficient (Wildman–Crippen LogP) is 7.20. The first-order valence-electron chi connectivity index (χ1n) is 9.47. The van der Waals surface area contributed by atoms with E-state index in [4.69, 9.17) is 0 Å². The molecule has 0 spiro atoms. The van der Waals surface area contributed by atoms with Crippen LogP contribution in [0.25, 0.3) is 42.4 Å². The van der Waals surface area contributed by atoms with Crippen molar-refractivity contribution in [1.29, 1.82) is 0 Å². The average molecular weight is 426 g/mol. The predicted molar refractivity (Wildman–Crippen MR) is 124 cm³/mol. The maximum atomic E-state index is 11.9. The molecule has 150 valence electrons. The van der Waals surface area contributed by atoms with E-state index in [1.807, 2.05) is 72.8 Å². The van der Waals surface area contributed by atoms with E-state index >= 15 is 0 Å². The summed E-state index contributed by atoms with van der Waals surface area (Å²) in [5.41, 5.74) is 0.248. The van der Waals surface area contributed by atoms with Gasteiger partial charge in [-0.05, 0) is 44.8 Å². The molecular formula is C24H14N2O4S. The van der Waals surface area contributed by atoms with Crippen molar-refractivity contribution in [2.75, 3.05) is 0 Å². The fourth-order valence-corrected chi connectivity index (χ4v) is 5.03. The van der Waals surface area contributed by atoms with Gasteiger partial charge in [0.05, 0.1) is 9.85 Å². The molecule has 0 saturated carbocycles. The molecule has 0 aliphatic carbocycles. The number of hydrogen-bond donors (Lipinski definition) is 0. The third-order valence-corrected chi connectivity index (χ3v) is 6.51. The SMILES string of the molecule is O=[N+]([O-])c1c(-c2ccc3ccccc3c2)sc(-c2ccc3ccccc3c2)c1[N+](=O)[O-]. The molecule has 0 radical (unpaired) electrons. The Kier molecular flexibility index (Phi) is 4.45. The van der Waals surface area contributed by atoms with E-state index in [1.165, 1.54) is 0 Å². The largest absolute Gasteiger partial charge is 0.365 e. The van der Waals surface area contributed by atoms with Crippen LogP contribution in [0.1, 0.15) is 0 Å². The summed E-state index contributed by atoms with van der Waals surface area (Å²) in [6, 6.07) is 26.3. The van der Waals surface area contributed by atoms with Crippen molar-refractivity contribution in [1.82, 2.24) is 0 Å². The summed E-state index contributed by atoms with van der Waals surface area (Å²) in [6.45, 7) is 0. The third kappa shape index (κ3) is 3.21. The highest BCUT2D eigenvalue weighted by molar-refractivity contribution is 7.20. The molecule has 0 N–H and O–H groups in total. The second-order valence-electron chi connectivity index (χ2n) is 7.10. The summed E-state index contributed by atoms with van der Waals surface area (Å²) in [4.78, 5) is 23.2. The highest BCUT2D eigenvalue weighted by atomic mass is 32.1. The van der Waals surface area contributed by atoms with Crippen LogP contribution in [0.3, 0.4) is 0 Å². The molecule has 31 heavy (non-hydrogen) atoms. The molecule has 0 saturated heterocycles. The van der Waals surface area contributed by atoms with Crippen molar-refractivity contribution < 1.29 is 9.85 Å². The molecule has 0 atom stereocenters. The minimum Gasteiger partial charge on any atom is -0.258 e. The van der Waals surface area contributed by atoms with Gasteiger partial charge < -0.3 is 0 Å². The monoisotopic (exact) mass is 426 g/mol. The lowest BCUT2D eigenvalue weighted by Crippen LogP contribution is -1.96. The molecule has 0 bridgehead atoms. The Morgan fingerprint density at radius 2 is 0.935 bits per heavy atom. The highest BCUT2D eigenvalue weighted by Crippen LogP contribution is 2.52. The molecular weight excluding hydrogens is 412 g/mol. The Morgan fingerprint density at radius 1 is 0.548 bits per heavy atom. The third-order valence-electron chi connectivity index (χ3n) is 5.25. The van der Waals surface area contributed by atoms with Crippen molar-refractivity contribution >= 4 is 44.3 Å². The van der Waals surface area contributed by atoms with Crippen LogP contribution in [-0.4, -0.2) is 9.85 Å². The first kappa shape index (κ1) is 18.9. The molecule has 0 amide bonds. The number of fused-ring (bicyclic) bond motifs is 2. The number of rotatable bonds is 4. The molecule has 1 aromatic heterocycles. The lowest BCUT2D eigenvalue weighted by molar-refractivity contribution is -0.420. The van der Waals surface area contributed by atoms with Crippen molar-refractivity contribution in [2.24, 2.45) is 0 Å². The summed E-state index contributed by atoms with van der Waals surface area (Å²) in [5, 5.41) is 27.7. The summed E-state index contributed by atoms with van der Waals surface area (Å²) in [5.74, 6) is 0. The van der Waals surface area contributed by atoms with Gasteiger partial charge in [0.1, 0.15) is 9.75 Å². The number of nitro groups is 2. The normalized spacial score (nSPS) is 11.1. The zero-order valence-corrected chi connectivity index (χ0v) is 16.8. The maximum Gasteiger partial charge on any atom is 0.365 e. The van der Waals surface area contributed by atoms with Crippen LogP contribution in [0.4, 0.5) is 11.4 Å². The standard InChI is InChI=1S/C24H14N2O4S/c27-25(28)21-22(26(29)30)24(20-12-10-16-6-2-4-8-18(16)14-20)31-23(21)19-11-9-15-5-1-3-7-17(15)13-19/h1-14H. The maximum absolute atomic E-state index is 11.9. The summed E-state index contributed by atoms with van der Waals surface area (Å²) in [6.07, 6.45) is 0. The van der Waals surface area contributed by atoms with E-state index in [0.29, 0.717) is 11.1 Å². The Labute approximate surface area is 180 Å². The fourth-order valence-electron chi connectivity index (χ4n) is 3.80. The van der Waals surface area contributed by atoms with Crippen LogP contribution in [0.2, 0.25) is 0 Å². The van der Waals surface area contributed by atoms with Crippen molar-refractivity contribution in [3.8, 4) is 20.9 Å². The second-order valence-corrected chi connectivity index (χ2v) is 8.12. The Morgan fingerprint density at radius 3 is 1.32 bits per heavy atom. The van der Waals surface area contributed by atoms with E-state index in [1.54, 1.807) is 12.1 Å².